The van der Waals surface area contributed by atoms with Crippen molar-refractivity contribution < 1.29 is 5.11 Å². The van der Waals surface area contributed by atoms with Gasteiger partial charge in [0.1, 0.15) is 0 Å². The second-order valence-corrected chi connectivity index (χ2v) is 5.29. The molecule has 1 saturated carbocycles. The molecule has 1 spiro atoms. The molecule has 14 heavy (non-hydrogen) atoms. The van der Waals surface area contributed by atoms with Gasteiger partial charge in [-0.25, -0.2) is 0 Å². The molecule has 2 atom stereocenters. The van der Waals surface area contributed by atoms with Crippen molar-refractivity contribution in [3.63, 3.8) is 0 Å². The molecule has 1 fully saturated rings. The minimum atomic E-state index is -0.0374. The van der Waals surface area contributed by atoms with Crippen LogP contribution in [0.3, 0.4) is 0 Å². The molecule has 1 N–H and O–H groups in total. The summed E-state index contributed by atoms with van der Waals surface area (Å²) in [7, 11) is 0. The van der Waals surface area contributed by atoms with E-state index in [2.05, 4.69) is 13.8 Å². The number of hydrogen-bond acceptors (Lipinski definition) is 1. The minimum Gasteiger partial charge on any atom is -0.393 e. The van der Waals surface area contributed by atoms with E-state index in [4.69, 9.17) is 0 Å². The maximum Gasteiger partial charge on any atom is 0.0548 e. The first-order chi connectivity index (χ1) is 6.64. The van der Waals surface area contributed by atoms with E-state index < -0.39 is 0 Å². The van der Waals surface area contributed by atoms with Crippen LogP contribution < -0.4 is 0 Å². The van der Waals surface area contributed by atoms with Crippen LogP contribution in [0.4, 0.5) is 0 Å². The van der Waals surface area contributed by atoms with Crippen molar-refractivity contribution in [3.8, 4) is 0 Å². The van der Waals surface area contributed by atoms with E-state index in [1.807, 2.05) is 0 Å². The van der Waals surface area contributed by atoms with E-state index in [0.717, 1.165) is 12.8 Å². The summed E-state index contributed by atoms with van der Waals surface area (Å²) in [6.07, 6.45) is 8.46. The first-order valence-electron chi connectivity index (χ1n) is 5.99. The van der Waals surface area contributed by atoms with Crippen LogP contribution in [0.2, 0.25) is 0 Å². The molecule has 0 aliphatic heterocycles. The van der Waals surface area contributed by atoms with Crippen molar-refractivity contribution in [2.24, 2.45) is 5.41 Å². The Morgan fingerprint density at radius 1 is 1.21 bits per heavy atom. The highest BCUT2D eigenvalue weighted by Crippen LogP contribution is 2.50. The highest BCUT2D eigenvalue weighted by Gasteiger charge is 2.39. The van der Waals surface area contributed by atoms with Gasteiger partial charge in [0.2, 0.25) is 0 Å². The summed E-state index contributed by atoms with van der Waals surface area (Å²) >= 11 is 0. The van der Waals surface area contributed by atoms with Gasteiger partial charge >= 0.3 is 0 Å². The van der Waals surface area contributed by atoms with Crippen molar-refractivity contribution in [2.75, 3.05) is 0 Å². The fourth-order valence-electron chi connectivity index (χ4n) is 3.42. The van der Waals surface area contributed by atoms with Crippen LogP contribution in [0.5, 0.6) is 0 Å². The van der Waals surface area contributed by atoms with Gasteiger partial charge in [-0.05, 0) is 57.8 Å². The Kier molecular flexibility index (Phi) is 2.70. The van der Waals surface area contributed by atoms with Gasteiger partial charge in [0.25, 0.3) is 0 Å². The number of allylic oxidation sites excluding steroid dienone is 2. The first kappa shape index (κ1) is 10.2. The van der Waals surface area contributed by atoms with Gasteiger partial charge < -0.3 is 5.11 Å². The van der Waals surface area contributed by atoms with Crippen LogP contribution in [0.1, 0.15) is 58.8 Å². The predicted molar refractivity (Wildman–Crippen MR) is 59.1 cm³/mol. The number of aliphatic hydroxyl groups is 1. The van der Waals surface area contributed by atoms with Gasteiger partial charge in [-0.1, -0.05) is 17.6 Å². The molecular formula is C13H22O. The van der Waals surface area contributed by atoms with E-state index >= 15 is 0 Å². The first-order valence-corrected chi connectivity index (χ1v) is 5.99. The minimum absolute atomic E-state index is 0.0374. The molecule has 0 heterocycles. The Hall–Kier alpha value is -0.300. The lowest BCUT2D eigenvalue weighted by Gasteiger charge is -2.44. The fourth-order valence-corrected chi connectivity index (χ4v) is 3.42. The molecule has 1 heteroatoms. The van der Waals surface area contributed by atoms with Crippen LogP contribution in [0.15, 0.2) is 11.1 Å². The zero-order valence-electron chi connectivity index (χ0n) is 9.47. The van der Waals surface area contributed by atoms with Crippen LogP contribution in [0.25, 0.3) is 0 Å². The average Bonchev–Trinajstić information content (AvgIpc) is 2.14. The van der Waals surface area contributed by atoms with Gasteiger partial charge in [-0.3, -0.25) is 0 Å². The zero-order valence-corrected chi connectivity index (χ0v) is 9.47. The number of aliphatic hydroxyl groups excluding tert-OH is 1. The molecule has 2 unspecified atom stereocenters. The molecule has 2 aliphatic rings. The van der Waals surface area contributed by atoms with E-state index in [0.29, 0.717) is 5.41 Å². The van der Waals surface area contributed by atoms with Crippen molar-refractivity contribution >= 4 is 0 Å². The van der Waals surface area contributed by atoms with E-state index in [1.165, 1.54) is 32.1 Å². The van der Waals surface area contributed by atoms with Crippen LogP contribution in [0, 0.1) is 5.41 Å². The highest BCUT2D eigenvalue weighted by molar-refractivity contribution is 5.23. The molecular weight excluding hydrogens is 172 g/mol. The number of rotatable bonds is 0. The normalized spacial score (nSPS) is 39.2. The lowest BCUT2D eigenvalue weighted by molar-refractivity contribution is 0.0564. The van der Waals surface area contributed by atoms with Crippen molar-refractivity contribution in [2.45, 2.75) is 64.9 Å². The summed E-state index contributed by atoms with van der Waals surface area (Å²) in [6.45, 7) is 4.57. The molecule has 0 bridgehead atoms. The molecule has 2 aliphatic carbocycles. The molecule has 0 aromatic rings. The predicted octanol–water partition coefficient (Wildman–Crippen LogP) is 3.43. The van der Waals surface area contributed by atoms with Crippen LogP contribution in [-0.2, 0) is 0 Å². The summed E-state index contributed by atoms with van der Waals surface area (Å²) in [5, 5.41) is 9.81. The monoisotopic (exact) mass is 194 g/mol. The number of hydrogen-bond donors (Lipinski definition) is 1. The summed E-state index contributed by atoms with van der Waals surface area (Å²) in [5.41, 5.74) is 3.58. The standard InChI is InChI=1S/C13H22O/c1-10-5-3-7-13(11(10)2)8-4-6-12(14)9-13/h12,14H,3-9H2,1-2H3. The molecule has 0 saturated heterocycles. The molecule has 1 nitrogen and oxygen atoms in total. The third-order valence-corrected chi connectivity index (χ3v) is 4.46. The van der Waals surface area contributed by atoms with Gasteiger partial charge in [-0.2, -0.15) is 0 Å². The quantitative estimate of drug-likeness (QED) is 0.586. The van der Waals surface area contributed by atoms with Gasteiger partial charge in [0.05, 0.1) is 6.10 Å². The zero-order chi connectivity index (χ0) is 10.2. The SMILES string of the molecule is CC1=C(C)C2(CCC1)CCCC(O)C2. The Bertz CT molecular complexity index is 254. The van der Waals surface area contributed by atoms with Crippen molar-refractivity contribution in [3.05, 3.63) is 11.1 Å². The van der Waals surface area contributed by atoms with Crippen LogP contribution >= 0.6 is 0 Å². The van der Waals surface area contributed by atoms with Crippen LogP contribution in [-0.4, -0.2) is 11.2 Å². The summed E-state index contributed by atoms with van der Waals surface area (Å²) < 4.78 is 0. The maximum atomic E-state index is 9.81. The fraction of sp³-hybridized carbons (Fsp3) is 0.846. The lowest BCUT2D eigenvalue weighted by atomic mass is 9.62. The molecule has 0 amide bonds. The Labute approximate surface area is 87.2 Å². The largest absolute Gasteiger partial charge is 0.393 e. The van der Waals surface area contributed by atoms with Gasteiger partial charge in [0, 0.05) is 0 Å². The van der Waals surface area contributed by atoms with E-state index in [-0.39, 0.29) is 6.10 Å². The van der Waals surface area contributed by atoms with Crippen molar-refractivity contribution in [1.82, 2.24) is 0 Å². The third kappa shape index (κ3) is 1.63. The summed E-state index contributed by atoms with van der Waals surface area (Å²) in [5.74, 6) is 0. The van der Waals surface area contributed by atoms with Gasteiger partial charge in [0.15, 0.2) is 0 Å². The Morgan fingerprint density at radius 3 is 2.64 bits per heavy atom. The third-order valence-electron chi connectivity index (χ3n) is 4.46. The molecule has 0 aromatic heterocycles. The molecule has 80 valence electrons. The second kappa shape index (κ2) is 3.69. The van der Waals surface area contributed by atoms with Gasteiger partial charge in [-0.15, -0.1) is 0 Å². The molecule has 2 rings (SSSR count). The summed E-state index contributed by atoms with van der Waals surface area (Å²) in [6, 6.07) is 0. The maximum absolute atomic E-state index is 9.81. The van der Waals surface area contributed by atoms with E-state index in [1.54, 1.807) is 11.1 Å². The van der Waals surface area contributed by atoms with E-state index in [9.17, 15) is 5.11 Å². The summed E-state index contributed by atoms with van der Waals surface area (Å²) in [4.78, 5) is 0. The molecule has 0 radical (unpaired) electrons. The highest BCUT2D eigenvalue weighted by atomic mass is 16.3. The topological polar surface area (TPSA) is 20.2 Å². The smallest absolute Gasteiger partial charge is 0.0548 e. The van der Waals surface area contributed by atoms with Crippen molar-refractivity contribution in [1.29, 1.82) is 0 Å². The average molecular weight is 194 g/mol. The Morgan fingerprint density at radius 2 is 1.93 bits per heavy atom. The Balaban J connectivity index is 2.25. The second-order valence-electron chi connectivity index (χ2n) is 5.29. The lowest BCUT2D eigenvalue weighted by Crippen LogP contribution is -2.34. The molecule has 0 aromatic carbocycles.